The van der Waals surface area contributed by atoms with E-state index in [1.165, 1.54) is 36.3 Å². The molecule has 0 unspecified atom stereocenters. The lowest BCUT2D eigenvalue weighted by Gasteiger charge is -2.26. The maximum absolute atomic E-state index is 13.3. The summed E-state index contributed by atoms with van der Waals surface area (Å²) in [6, 6.07) is 6.30. The highest BCUT2D eigenvalue weighted by molar-refractivity contribution is 7.13. The molecule has 0 aliphatic heterocycles. The van der Waals surface area contributed by atoms with Gasteiger partial charge in [-0.3, -0.25) is 4.79 Å². The van der Waals surface area contributed by atoms with Gasteiger partial charge in [-0.25, -0.2) is 9.37 Å². The fourth-order valence-corrected chi connectivity index (χ4v) is 3.19. The van der Waals surface area contributed by atoms with Crippen LogP contribution >= 0.6 is 11.3 Å². The Kier molecular flexibility index (Phi) is 3.53. The summed E-state index contributed by atoms with van der Waals surface area (Å²) in [4.78, 5) is 17.3. The summed E-state index contributed by atoms with van der Waals surface area (Å²) >= 11 is 1.45. The molecule has 1 N–H and O–H groups in total. The molecule has 0 radical (unpaired) electrons. The molecule has 2 aromatic rings. The van der Waals surface area contributed by atoms with E-state index in [-0.39, 0.29) is 11.7 Å². The van der Waals surface area contributed by atoms with E-state index in [0.29, 0.717) is 10.8 Å². The zero-order valence-electron chi connectivity index (χ0n) is 12.0. The van der Waals surface area contributed by atoms with Crippen LogP contribution in [0.3, 0.4) is 0 Å². The molecule has 0 spiro atoms. The van der Waals surface area contributed by atoms with Crippen molar-refractivity contribution in [1.29, 1.82) is 0 Å². The molecule has 1 aliphatic rings. The minimum absolute atomic E-state index is 0.159. The van der Waals surface area contributed by atoms with Crippen molar-refractivity contribution in [1.82, 2.24) is 10.3 Å². The summed E-state index contributed by atoms with van der Waals surface area (Å²) in [7, 11) is 0. The summed E-state index contributed by atoms with van der Waals surface area (Å²) in [6.07, 6.45) is 3.97. The Balaban J connectivity index is 1.75. The Bertz CT molecular complexity index is 676. The molecule has 1 saturated carbocycles. The molecular weight excluding hydrogens is 287 g/mol. The van der Waals surface area contributed by atoms with Crippen LogP contribution in [0.15, 0.2) is 30.5 Å². The lowest BCUT2D eigenvalue weighted by molar-refractivity contribution is 0.0916. The van der Waals surface area contributed by atoms with E-state index >= 15 is 0 Å². The monoisotopic (exact) mass is 304 g/mol. The lowest BCUT2D eigenvalue weighted by atomic mass is 9.94. The van der Waals surface area contributed by atoms with Crippen molar-refractivity contribution in [2.45, 2.75) is 38.1 Å². The van der Waals surface area contributed by atoms with Gasteiger partial charge >= 0.3 is 0 Å². The first-order valence-electron chi connectivity index (χ1n) is 7.00. The molecule has 21 heavy (non-hydrogen) atoms. The lowest BCUT2D eigenvalue weighted by Crippen LogP contribution is -2.40. The van der Waals surface area contributed by atoms with E-state index in [1.807, 2.05) is 19.9 Å². The van der Waals surface area contributed by atoms with Crippen LogP contribution in [0, 0.1) is 5.82 Å². The van der Waals surface area contributed by atoms with Crippen LogP contribution in [0.4, 0.5) is 4.39 Å². The van der Waals surface area contributed by atoms with E-state index in [1.54, 1.807) is 12.3 Å². The third-order valence-electron chi connectivity index (χ3n) is 3.65. The average molecular weight is 304 g/mol. The van der Waals surface area contributed by atoms with Crippen LogP contribution < -0.4 is 5.32 Å². The van der Waals surface area contributed by atoms with Crippen molar-refractivity contribution in [3.63, 3.8) is 0 Å². The number of hydrogen-bond acceptors (Lipinski definition) is 3. The summed E-state index contributed by atoms with van der Waals surface area (Å²) in [5.41, 5.74) is 0.103. The zero-order chi connectivity index (χ0) is 15.0. The van der Waals surface area contributed by atoms with Crippen LogP contribution in [0.1, 0.15) is 52.8 Å². The second-order valence-corrected chi connectivity index (χ2v) is 6.99. The van der Waals surface area contributed by atoms with Crippen molar-refractivity contribution in [2.24, 2.45) is 0 Å². The van der Waals surface area contributed by atoms with Gasteiger partial charge in [0.05, 0.1) is 16.7 Å². The van der Waals surface area contributed by atoms with E-state index in [9.17, 15) is 9.18 Å². The molecular formula is C16H17FN2OS. The van der Waals surface area contributed by atoms with Gasteiger partial charge in [-0.15, -0.1) is 11.3 Å². The maximum Gasteiger partial charge on any atom is 0.263 e. The Morgan fingerprint density at radius 2 is 2.19 bits per heavy atom. The van der Waals surface area contributed by atoms with Crippen LogP contribution in [-0.2, 0) is 5.54 Å². The number of halogens is 1. The van der Waals surface area contributed by atoms with Gasteiger partial charge in [0.25, 0.3) is 5.91 Å². The third kappa shape index (κ3) is 3.13. The zero-order valence-corrected chi connectivity index (χ0v) is 12.8. The molecule has 1 fully saturated rings. The topological polar surface area (TPSA) is 42.0 Å². The van der Waals surface area contributed by atoms with Crippen LogP contribution in [-0.4, -0.2) is 10.9 Å². The van der Waals surface area contributed by atoms with Crippen molar-refractivity contribution in [2.75, 3.05) is 0 Å². The minimum Gasteiger partial charge on any atom is -0.342 e. The molecule has 1 amide bonds. The van der Waals surface area contributed by atoms with E-state index in [4.69, 9.17) is 0 Å². The smallest absolute Gasteiger partial charge is 0.263 e. The average Bonchev–Trinajstić information content (AvgIpc) is 3.15. The third-order valence-corrected chi connectivity index (χ3v) is 4.80. The van der Waals surface area contributed by atoms with Gasteiger partial charge in [0.2, 0.25) is 0 Å². The number of nitrogens with zero attached hydrogens (tertiary/aromatic N) is 1. The summed E-state index contributed by atoms with van der Waals surface area (Å²) in [5.74, 6) is 0.0880. The highest BCUT2D eigenvalue weighted by Gasteiger charge is 2.29. The number of aromatic nitrogens is 1. The SMILES string of the molecule is CC(C)(NC(=O)c1cnc(C2CC2)s1)c1cccc(F)c1. The van der Waals surface area contributed by atoms with Crippen LogP contribution in [0.25, 0.3) is 0 Å². The number of benzene rings is 1. The summed E-state index contributed by atoms with van der Waals surface area (Å²) in [5, 5.41) is 4.00. The molecule has 1 aliphatic carbocycles. The van der Waals surface area contributed by atoms with Gasteiger partial charge in [-0.1, -0.05) is 12.1 Å². The second-order valence-electron chi connectivity index (χ2n) is 5.93. The molecule has 3 rings (SSSR count). The normalized spacial score (nSPS) is 15.0. The minimum atomic E-state index is -0.636. The Hall–Kier alpha value is -1.75. The predicted octanol–water partition coefficient (Wildman–Crippen LogP) is 3.82. The molecule has 5 heteroatoms. The number of carbonyl (C=O) groups is 1. The van der Waals surface area contributed by atoms with Crippen molar-refractivity contribution < 1.29 is 9.18 Å². The summed E-state index contributed by atoms with van der Waals surface area (Å²) < 4.78 is 13.3. The van der Waals surface area contributed by atoms with Crippen LogP contribution in [0.5, 0.6) is 0 Å². The molecule has 110 valence electrons. The molecule has 0 atom stereocenters. The van der Waals surface area contributed by atoms with Gasteiger partial charge < -0.3 is 5.32 Å². The molecule has 1 heterocycles. The first kappa shape index (κ1) is 14.2. The first-order valence-corrected chi connectivity index (χ1v) is 7.81. The largest absolute Gasteiger partial charge is 0.342 e. The van der Waals surface area contributed by atoms with E-state index in [0.717, 1.165) is 10.6 Å². The number of nitrogens with one attached hydrogen (secondary N) is 1. The van der Waals surface area contributed by atoms with Gasteiger partial charge in [-0.2, -0.15) is 0 Å². The van der Waals surface area contributed by atoms with E-state index < -0.39 is 5.54 Å². The Morgan fingerprint density at radius 3 is 2.86 bits per heavy atom. The maximum atomic E-state index is 13.3. The van der Waals surface area contributed by atoms with Gasteiger partial charge in [0, 0.05) is 5.92 Å². The molecule has 1 aromatic heterocycles. The molecule has 0 bridgehead atoms. The van der Waals surface area contributed by atoms with Gasteiger partial charge in [-0.05, 0) is 44.4 Å². The first-order chi connectivity index (χ1) is 9.95. The fourth-order valence-electron chi connectivity index (χ4n) is 2.21. The predicted molar refractivity (Wildman–Crippen MR) is 81.0 cm³/mol. The van der Waals surface area contributed by atoms with Gasteiger partial charge in [0.15, 0.2) is 0 Å². The molecule has 3 nitrogen and oxygen atoms in total. The number of amides is 1. The Morgan fingerprint density at radius 1 is 1.43 bits per heavy atom. The highest BCUT2D eigenvalue weighted by Crippen LogP contribution is 2.41. The number of thiazole rings is 1. The second kappa shape index (κ2) is 5.22. The van der Waals surface area contributed by atoms with E-state index in [2.05, 4.69) is 10.3 Å². The van der Waals surface area contributed by atoms with Crippen molar-refractivity contribution in [3.8, 4) is 0 Å². The highest BCUT2D eigenvalue weighted by atomic mass is 32.1. The fraction of sp³-hybridized carbons (Fsp3) is 0.375. The molecule has 0 saturated heterocycles. The number of hydrogen-bond donors (Lipinski definition) is 1. The Labute approximate surface area is 127 Å². The van der Waals surface area contributed by atoms with Crippen molar-refractivity contribution in [3.05, 3.63) is 51.7 Å². The number of carbonyl (C=O) groups excluding carboxylic acids is 1. The van der Waals surface area contributed by atoms with Crippen LogP contribution in [0.2, 0.25) is 0 Å². The van der Waals surface area contributed by atoms with Crippen molar-refractivity contribution >= 4 is 17.2 Å². The standard InChI is InChI=1S/C16H17FN2OS/c1-16(2,11-4-3-5-12(17)8-11)19-14(20)13-9-18-15(21-13)10-6-7-10/h3-5,8-10H,6-7H2,1-2H3,(H,19,20). The molecule has 1 aromatic carbocycles. The number of rotatable bonds is 4. The summed E-state index contributed by atoms with van der Waals surface area (Å²) in [6.45, 7) is 3.73. The quantitative estimate of drug-likeness (QED) is 0.933. The van der Waals surface area contributed by atoms with Gasteiger partial charge in [0.1, 0.15) is 10.7 Å².